The van der Waals surface area contributed by atoms with Crippen LogP contribution in [-0.2, 0) is 12.0 Å². The first-order chi connectivity index (χ1) is 16.7. The number of halogens is 1. The fraction of sp³-hybridized carbons (Fsp3) is 0.231. The number of fused-ring (bicyclic) bond motifs is 1. The van der Waals surface area contributed by atoms with Crippen molar-refractivity contribution >= 4 is 40.5 Å². The van der Waals surface area contributed by atoms with E-state index in [1.165, 1.54) is 11.3 Å². The molecule has 0 spiro atoms. The number of rotatable bonds is 5. The van der Waals surface area contributed by atoms with Gasteiger partial charge in [-0.25, -0.2) is 19.7 Å². The second kappa shape index (κ2) is 9.03. The van der Waals surface area contributed by atoms with Gasteiger partial charge in [-0.05, 0) is 85.7 Å². The van der Waals surface area contributed by atoms with Crippen LogP contribution >= 0.6 is 22.9 Å². The summed E-state index contributed by atoms with van der Waals surface area (Å²) in [5.74, 6) is 0.262. The molecule has 1 aliphatic rings. The number of carboxylic acid groups (broad SMARTS) is 1. The number of anilines is 2. The van der Waals surface area contributed by atoms with Crippen molar-refractivity contribution in [2.45, 2.75) is 38.7 Å². The Bertz CT molecular complexity index is 1450. The first kappa shape index (κ1) is 23.4. The predicted molar refractivity (Wildman–Crippen MR) is 137 cm³/mol. The minimum Gasteiger partial charge on any atom is -0.478 e. The van der Waals surface area contributed by atoms with Crippen molar-refractivity contribution < 1.29 is 15.0 Å². The van der Waals surface area contributed by atoms with Crippen molar-refractivity contribution in [3.8, 4) is 10.6 Å². The Kier molecular flexibility index (Phi) is 6.04. The predicted octanol–water partition coefficient (Wildman–Crippen LogP) is 5.88. The van der Waals surface area contributed by atoms with Crippen molar-refractivity contribution in [1.82, 2.24) is 15.0 Å². The minimum atomic E-state index is -1.27. The fourth-order valence-electron chi connectivity index (χ4n) is 4.62. The molecule has 7 nitrogen and oxygen atoms in total. The molecule has 5 rings (SSSR count). The maximum Gasteiger partial charge on any atom is 0.335 e. The van der Waals surface area contributed by atoms with Gasteiger partial charge in [-0.1, -0.05) is 17.7 Å². The molecule has 0 bridgehead atoms. The molecule has 0 fully saturated rings. The summed E-state index contributed by atoms with van der Waals surface area (Å²) in [4.78, 5) is 26.0. The van der Waals surface area contributed by atoms with Crippen LogP contribution in [0.4, 0.5) is 11.6 Å². The van der Waals surface area contributed by atoms with E-state index < -0.39 is 11.6 Å². The largest absolute Gasteiger partial charge is 0.478 e. The summed E-state index contributed by atoms with van der Waals surface area (Å²) < 4.78 is 0. The molecule has 1 atom stereocenters. The van der Waals surface area contributed by atoms with Crippen LogP contribution < -0.4 is 5.32 Å². The quantitative estimate of drug-likeness (QED) is 0.310. The second-order valence-electron chi connectivity index (χ2n) is 8.71. The summed E-state index contributed by atoms with van der Waals surface area (Å²) in [6.45, 7) is 3.79. The van der Waals surface area contributed by atoms with Crippen LogP contribution in [0.15, 0.2) is 48.8 Å². The van der Waals surface area contributed by atoms with Gasteiger partial charge in [0, 0.05) is 17.4 Å². The number of aryl methyl sites for hydroxylation is 1. The molecule has 3 aromatic heterocycles. The van der Waals surface area contributed by atoms with Crippen LogP contribution in [0.25, 0.3) is 10.6 Å². The van der Waals surface area contributed by atoms with Crippen molar-refractivity contribution in [3.05, 3.63) is 86.6 Å². The number of nitrogens with zero attached hydrogens (tertiary/aromatic N) is 3. The number of thiazole rings is 1. The average Bonchev–Trinajstić information content (AvgIpc) is 3.31. The van der Waals surface area contributed by atoms with Crippen molar-refractivity contribution in [1.29, 1.82) is 0 Å². The molecule has 0 radical (unpaired) electrons. The highest BCUT2D eigenvalue weighted by molar-refractivity contribution is 7.15. The van der Waals surface area contributed by atoms with Gasteiger partial charge >= 0.3 is 5.97 Å². The van der Waals surface area contributed by atoms with Gasteiger partial charge in [-0.2, -0.15) is 0 Å². The Labute approximate surface area is 211 Å². The number of aromatic carboxylic acids is 1. The molecule has 1 aromatic carbocycles. The number of aromatic nitrogens is 3. The third-order valence-electron chi connectivity index (χ3n) is 6.30. The molecule has 35 heavy (non-hydrogen) atoms. The summed E-state index contributed by atoms with van der Waals surface area (Å²) >= 11 is 7.46. The van der Waals surface area contributed by atoms with Crippen molar-refractivity contribution in [2.24, 2.45) is 0 Å². The second-order valence-corrected chi connectivity index (χ2v) is 10.2. The molecule has 1 aliphatic carbocycles. The van der Waals surface area contributed by atoms with Crippen molar-refractivity contribution in [3.63, 3.8) is 0 Å². The topological polar surface area (TPSA) is 108 Å². The summed E-state index contributed by atoms with van der Waals surface area (Å²) in [6.07, 6.45) is 5.35. The molecule has 3 N–H and O–H groups in total. The number of carbonyl (C=O) groups is 1. The lowest BCUT2D eigenvalue weighted by molar-refractivity contribution is 0.0605. The van der Waals surface area contributed by atoms with Crippen LogP contribution in [-0.4, -0.2) is 31.1 Å². The fourth-order valence-corrected chi connectivity index (χ4v) is 5.79. The first-order valence-corrected chi connectivity index (χ1v) is 12.4. The van der Waals surface area contributed by atoms with Gasteiger partial charge in [0.1, 0.15) is 22.2 Å². The van der Waals surface area contributed by atoms with Crippen LogP contribution in [0.3, 0.4) is 0 Å². The van der Waals surface area contributed by atoms with E-state index in [2.05, 4.69) is 15.3 Å². The summed E-state index contributed by atoms with van der Waals surface area (Å²) in [5, 5.41) is 25.6. The molecule has 0 aliphatic heterocycles. The van der Waals surface area contributed by atoms with E-state index in [0.717, 1.165) is 40.1 Å². The Morgan fingerprint density at radius 1 is 1.14 bits per heavy atom. The highest BCUT2D eigenvalue weighted by Gasteiger charge is 2.40. The number of pyridine rings is 2. The van der Waals surface area contributed by atoms with E-state index in [9.17, 15) is 15.0 Å². The Morgan fingerprint density at radius 2 is 1.97 bits per heavy atom. The number of carboxylic acids is 1. The molecule has 4 aromatic rings. The lowest BCUT2D eigenvalue weighted by Crippen LogP contribution is -2.32. The van der Waals surface area contributed by atoms with Gasteiger partial charge in [0.05, 0.1) is 16.1 Å². The molecular formula is C26H23ClN4O3S. The van der Waals surface area contributed by atoms with E-state index >= 15 is 0 Å². The summed E-state index contributed by atoms with van der Waals surface area (Å²) in [7, 11) is 0. The molecule has 0 amide bonds. The van der Waals surface area contributed by atoms with E-state index in [1.54, 1.807) is 43.6 Å². The van der Waals surface area contributed by atoms with Gasteiger partial charge in [0.25, 0.3) is 0 Å². The Balaban J connectivity index is 1.50. The number of hydrogen-bond donors (Lipinski definition) is 3. The zero-order chi connectivity index (χ0) is 24.7. The molecular weight excluding hydrogens is 484 g/mol. The van der Waals surface area contributed by atoms with E-state index in [4.69, 9.17) is 16.6 Å². The van der Waals surface area contributed by atoms with Gasteiger partial charge < -0.3 is 15.5 Å². The SMILES string of the molecule is Cc1cc(Nc2cc(Cl)ccn2)nc(-c2cnc(C3(O)CCCc4c3ccc(C(=O)O)c4C)s2)c1. The third kappa shape index (κ3) is 4.40. The van der Waals surface area contributed by atoms with E-state index in [1.807, 2.05) is 19.1 Å². The highest BCUT2D eigenvalue weighted by Crippen LogP contribution is 2.44. The van der Waals surface area contributed by atoms with Crippen molar-refractivity contribution in [2.75, 3.05) is 5.32 Å². The maximum absolute atomic E-state index is 11.8. The normalized spacial score (nSPS) is 17.1. The smallest absolute Gasteiger partial charge is 0.335 e. The van der Waals surface area contributed by atoms with Gasteiger partial charge in [0.2, 0.25) is 0 Å². The minimum absolute atomic E-state index is 0.269. The zero-order valence-corrected chi connectivity index (χ0v) is 20.7. The van der Waals surface area contributed by atoms with E-state index in [-0.39, 0.29) is 5.56 Å². The first-order valence-electron chi connectivity index (χ1n) is 11.2. The summed E-state index contributed by atoms with van der Waals surface area (Å²) in [5.41, 5.74) is 3.07. The zero-order valence-electron chi connectivity index (χ0n) is 19.2. The number of nitrogens with one attached hydrogen (secondary N) is 1. The van der Waals surface area contributed by atoms with Crippen LogP contribution in [0, 0.1) is 13.8 Å². The molecule has 178 valence electrons. The lowest BCUT2D eigenvalue weighted by Gasteiger charge is -2.34. The standard InChI is InChI=1S/C26H23ClN4O3S/c1-14-10-20(30-23(11-14)31-22-12-16(27)7-9-28-22)21-13-29-25(35-21)26(34)8-3-4-17-15(2)18(24(32)33)5-6-19(17)26/h5-7,9-13,34H,3-4,8H2,1-2H3,(H,32,33)(H,28,30,31). The summed E-state index contributed by atoms with van der Waals surface area (Å²) in [6, 6.07) is 10.6. The molecule has 1 unspecified atom stereocenters. The third-order valence-corrected chi connectivity index (χ3v) is 7.71. The Morgan fingerprint density at radius 3 is 2.74 bits per heavy atom. The van der Waals surface area contributed by atoms with Gasteiger partial charge in [-0.15, -0.1) is 11.3 Å². The van der Waals surface area contributed by atoms with Crippen LogP contribution in [0.2, 0.25) is 5.02 Å². The lowest BCUT2D eigenvalue weighted by atomic mass is 9.77. The van der Waals surface area contributed by atoms with Crippen LogP contribution in [0.1, 0.15) is 50.5 Å². The molecule has 3 heterocycles. The monoisotopic (exact) mass is 506 g/mol. The highest BCUT2D eigenvalue weighted by atomic mass is 35.5. The maximum atomic E-state index is 11.8. The van der Waals surface area contributed by atoms with Gasteiger partial charge in [0.15, 0.2) is 0 Å². The number of aliphatic hydroxyl groups is 1. The molecule has 0 saturated carbocycles. The van der Waals surface area contributed by atoms with E-state index in [0.29, 0.717) is 33.7 Å². The molecule has 0 saturated heterocycles. The number of hydrogen-bond acceptors (Lipinski definition) is 7. The Hall–Kier alpha value is -3.33. The van der Waals surface area contributed by atoms with Crippen LogP contribution in [0.5, 0.6) is 0 Å². The van der Waals surface area contributed by atoms with Gasteiger partial charge in [-0.3, -0.25) is 0 Å². The average molecular weight is 507 g/mol. The number of benzene rings is 1. The molecule has 9 heteroatoms.